The largest absolute Gasteiger partial charge is 0.308 e. The van der Waals surface area contributed by atoms with Crippen LogP contribution in [0.1, 0.15) is 26.7 Å². The highest BCUT2D eigenvalue weighted by Gasteiger charge is 2.03. The van der Waals surface area contributed by atoms with E-state index < -0.39 is 0 Å². The van der Waals surface area contributed by atoms with Crippen LogP contribution in [-0.4, -0.2) is 4.98 Å². The second-order valence-electron chi connectivity index (χ2n) is 4.33. The molecule has 0 saturated heterocycles. The van der Waals surface area contributed by atoms with Gasteiger partial charge in [0.2, 0.25) is 0 Å². The molecule has 17 heavy (non-hydrogen) atoms. The van der Waals surface area contributed by atoms with Gasteiger partial charge in [-0.2, -0.15) is 0 Å². The van der Waals surface area contributed by atoms with Gasteiger partial charge in [-0.05, 0) is 26.3 Å². The smallest absolute Gasteiger partial charge is 0.0900 e. The molecule has 0 bridgehead atoms. The molecule has 0 fully saturated rings. The summed E-state index contributed by atoms with van der Waals surface area (Å²) in [6.45, 7) is 8.07. The van der Waals surface area contributed by atoms with E-state index in [1.165, 1.54) is 16.0 Å². The van der Waals surface area contributed by atoms with Crippen molar-refractivity contribution in [2.45, 2.75) is 33.9 Å². The standard InChI is InChI=1S/C14H18N2S/c1-10-4-6-13(7-5-10)8-15-9-14-11(2)16-12(3)17-14/h4-7,15H,8-9H2,1-3H3. The van der Waals surface area contributed by atoms with Crippen LogP contribution in [0.3, 0.4) is 0 Å². The van der Waals surface area contributed by atoms with Gasteiger partial charge in [0.05, 0.1) is 10.7 Å². The summed E-state index contributed by atoms with van der Waals surface area (Å²) < 4.78 is 0. The van der Waals surface area contributed by atoms with Crippen LogP contribution in [0.4, 0.5) is 0 Å². The van der Waals surface area contributed by atoms with Gasteiger partial charge in [0.15, 0.2) is 0 Å². The van der Waals surface area contributed by atoms with E-state index >= 15 is 0 Å². The summed E-state index contributed by atoms with van der Waals surface area (Å²) in [5.74, 6) is 0. The van der Waals surface area contributed by atoms with Gasteiger partial charge in [0.1, 0.15) is 0 Å². The first kappa shape index (κ1) is 12.3. The maximum Gasteiger partial charge on any atom is 0.0900 e. The molecule has 1 heterocycles. The lowest BCUT2D eigenvalue weighted by Crippen LogP contribution is -2.12. The van der Waals surface area contributed by atoms with Crippen LogP contribution >= 0.6 is 11.3 Å². The Bertz CT molecular complexity index is 485. The number of nitrogens with one attached hydrogen (secondary N) is 1. The van der Waals surface area contributed by atoms with Crippen molar-refractivity contribution in [1.82, 2.24) is 10.3 Å². The Labute approximate surface area is 107 Å². The van der Waals surface area contributed by atoms with Gasteiger partial charge < -0.3 is 5.32 Å². The monoisotopic (exact) mass is 246 g/mol. The van der Waals surface area contributed by atoms with Crippen LogP contribution in [0.25, 0.3) is 0 Å². The third kappa shape index (κ3) is 3.38. The van der Waals surface area contributed by atoms with E-state index in [-0.39, 0.29) is 0 Å². The minimum Gasteiger partial charge on any atom is -0.308 e. The molecule has 0 saturated carbocycles. The van der Waals surface area contributed by atoms with Crippen LogP contribution in [0, 0.1) is 20.8 Å². The molecule has 0 amide bonds. The number of thiazole rings is 1. The molecule has 2 rings (SSSR count). The van der Waals surface area contributed by atoms with Crippen molar-refractivity contribution in [2.75, 3.05) is 0 Å². The van der Waals surface area contributed by atoms with Gasteiger partial charge in [-0.15, -0.1) is 11.3 Å². The van der Waals surface area contributed by atoms with Crippen molar-refractivity contribution in [2.24, 2.45) is 0 Å². The average molecular weight is 246 g/mol. The molecule has 0 radical (unpaired) electrons. The normalized spacial score (nSPS) is 10.8. The highest BCUT2D eigenvalue weighted by molar-refractivity contribution is 7.11. The van der Waals surface area contributed by atoms with E-state index in [0.717, 1.165) is 23.8 Å². The van der Waals surface area contributed by atoms with Crippen molar-refractivity contribution in [3.63, 3.8) is 0 Å². The predicted molar refractivity (Wildman–Crippen MR) is 73.3 cm³/mol. The third-order valence-electron chi connectivity index (χ3n) is 2.73. The SMILES string of the molecule is Cc1ccc(CNCc2sc(C)nc2C)cc1. The number of benzene rings is 1. The lowest BCUT2D eigenvalue weighted by Gasteiger charge is -2.04. The van der Waals surface area contributed by atoms with Crippen LogP contribution < -0.4 is 5.32 Å². The summed E-state index contributed by atoms with van der Waals surface area (Å²) in [6.07, 6.45) is 0. The first-order valence-corrected chi connectivity index (χ1v) is 6.66. The number of hydrogen-bond donors (Lipinski definition) is 1. The second kappa shape index (κ2) is 5.43. The number of aromatic nitrogens is 1. The molecule has 0 atom stereocenters. The van der Waals surface area contributed by atoms with E-state index in [1.54, 1.807) is 11.3 Å². The van der Waals surface area contributed by atoms with Gasteiger partial charge >= 0.3 is 0 Å². The third-order valence-corrected chi connectivity index (χ3v) is 3.81. The molecular formula is C14H18N2S. The summed E-state index contributed by atoms with van der Waals surface area (Å²) in [6, 6.07) is 8.65. The Balaban J connectivity index is 1.87. The molecule has 3 heteroatoms. The molecule has 0 aliphatic heterocycles. The number of nitrogens with zero attached hydrogens (tertiary/aromatic N) is 1. The molecule has 1 N–H and O–H groups in total. The minimum atomic E-state index is 0.908. The van der Waals surface area contributed by atoms with Crippen LogP contribution in [0.15, 0.2) is 24.3 Å². The van der Waals surface area contributed by atoms with E-state index in [1.807, 2.05) is 0 Å². The maximum absolute atomic E-state index is 4.43. The van der Waals surface area contributed by atoms with Gasteiger partial charge in [-0.3, -0.25) is 0 Å². The van der Waals surface area contributed by atoms with E-state index in [2.05, 4.69) is 55.3 Å². The molecule has 0 spiro atoms. The Kier molecular flexibility index (Phi) is 3.92. The molecule has 2 aromatic rings. The van der Waals surface area contributed by atoms with Crippen LogP contribution in [0.2, 0.25) is 0 Å². The zero-order valence-corrected chi connectivity index (χ0v) is 11.4. The molecule has 1 aromatic carbocycles. The summed E-state index contributed by atoms with van der Waals surface area (Å²) in [5.41, 5.74) is 3.79. The molecule has 1 aromatic heterocycles. The van der Waals surface area contributed by atoms with E-state index in [9.17, 15) is 0 Å². The van der Waals surface area contributed by atoms with E-state index in [0.29, 0.717) is 0 Å². The Hall–Kier alpha value is -1.19. The van der Waals surface area contributed by atoms with Gasteiger partial charge in [-0.25, -0.2) is 4.98 Å². The number of aryl methyl sites for hydroxylation is 3. The Morgan fingerprint density at radius 3 is 2.35 bits per heavy atom. The van der Waals surface area contributed by atoms with Crippen LogP contribution in [0.5, 0.6) is 0 Å². The van der Waals surface area contributed by atoms with Gasteiger partial charge in [0, 0.05) is 18.0 Å². The lowest BCUT2D eigenvalue weighted by molar-refractivity contribution is 0.697. The zero-order chi connectivity index (χ0) is 12.3. The Morgan fingerprint density at radius 1 is 1.06 bits per heavy atom. The van der Waals surface area contributed by atoms with Crippen molar-refractivity contribution in [3.05, 3.63) is 51.0 Å². The zero-order valence-electron chi connectivity index (χ0n) is 10.6. The highest BCUT2D eigenvalue weighted by Crippen LogP contribution is 2.16. The van der Waals surface area contributed by atoms with Crippen molar-refractivity contribution < 1.29 is 0 Å². The summed E-state index contributed by atoms with van der Waals surface area (Å²) in [4.78, 5) is 5.77. The van der Waals surface area contributed by atoms with Crippen molar-refractivity contribution in [3.8, 4) is 0 Å². The fourth-order valence-corrected chi connectivity index (χ4v) is 2.67. The number of hydrogen-bond acceptors (Lipinski definition) is 3. The fraction of sp³-hybridized carbons (Fsp3) is 0.357. The molecule has 0 aliphatic rings. The highest BCUT2D eigenvalue weighted by atomic mass is 32.1. The number of rotatable bonds is 4. The topological polar surface area (TPSA) is 24.9 Å². The van der Waals surface area contributed by atoms with Crippen molar-refractivity contribution >= 4 is 11.3 Å². The molecular weight excluding hydrogens is 228 g/mol. The minimum absolute atomic E-state index is 0.908. The Morgan fingerprint density at radius 2 is 1.76 bits per heavy atom. The first-order valence-electron chi connectivity index (χ1n) is 5.84. The second-order valence-corrected chi connectivity index (χ2v) is 5.62. The first-order chi connectivity index (χ1) is 8.15. The summed E-state index contributed by atoms with van der Waals surface area (Å²) in [5, 5.41) is 4.61. The van der Waals surface area contributed by atoms with Crippen LogP contribution in [-0.2, 0) is 13.1 Å². The van der Waals surface area contributed by atoms with Gasteiger partial charge in [0.25, 0.3) is 0 Å². The summed E-state index contributed by atoms with van der Waals surface area (Å²) in [7, 11) is 0. The lowest BCUT2D eigenvalue weighted by atomic mass is 10.1. The van der Waals surface area contributed by atoms with Gasteiger partial charge in [-0.1, -0.05) is 29.8 Å². The molecule has 2 nitrogen and oxygen atoms in total. The quantitative estimate of drug-likeness (QED) is 0.894. The fourth-order valence-electron chi connectivity index (χ4n) is 1.76. The average Bonchev–Trinajstić information content (AvgIpc) is 2.60. The molecule has 0 unspecified atom stereocenters. The van der Waals surface area contributed by atoms with Crippen molar-refractivity contribution in [1.29, 1.82) is 0 Å². The maximum atomic E-state index is 4.43. The predicted octanol–water partition coefficient (Wildman–Crippen LogP) is 3.36. The molecule has 90 valence electrons. The van der Waals surface area contributed by atoms with E-state index in [4.69, 9.17) is 0 Å². The molecule has 0 aliphatic carbocycles. The summed E-state index contributed by atoms with van der Waals surface area (Å²) >= 11 is 1.78.